The molecule has 1 heterocycles. The van der Waals surface area contributed by atoms with Crippen LogP contribution in [-0.4, -0.2) is 22.3 Å². The fourth-order valence-electron chi connectivity index (χ4n) is 4.19. The summed E-state index contributed by atoms with van der Waals surface area (Å²) in [6.07, 6.45) is 2.00. The number of rotatable bonds is 9. The zero-order valence-corrected chi connectivity index (χ0v) is 20.2. The van der Waals surface area contributed by atoms with Gasteiger partial charge in [-0.3, -0.25) is 4.79 Å². The Morgan fingerprint density at radius 1 is 1.08 bits per heavy atom. The van der Waals surface area contributed by atoms with Crippen molar-refractivity contribution in [2.45, 2.75) is 32.4 Å². The van der Waals surface area contributed by atoms with Crippen molar-refractivity contribution in [2.75, 3.05) is 11.9 Å². The van der Waals surface area contributed by atoms with E-state index in [1.807, 2.05) is 61.5 Å². The van der Waals surface area contributed by atoms with E-state index in [0.29, 0.717) is 36.1 Å². The molecule has 1 aliphatic rings. The van der Waals surface area contributed by atoms with Gasteiger partial charge in [-0.15, -0.1) is 0 Å². The SMILES string of the molecule is Cc1cc(C(=O)Nc2cc(C(OCC3CC3)c3ccccc3)ccc2F)n(-c2cccc(CN)c2)n1. The highest BCUT2D eigenvalue weighted by atomic mass is 19.1. The third-order valence-corrected chi connectivity index (χ3v) is 6.29. The van der Waals surface area contributed by atoms with Crippen LogP contribution in [0.15, 0.2) is 78.9 Å². The number of nitrogens with one attached hydrogen (secondary N) is 1. The van der Waals surface area contributed by atoms with Crippen molar-refractivity contribution in [1.29, 1.82) is 0 Å². The van der Waals surface area contributed by atoms with E-state index in [0.717, 1.165) is 16.7 Å². The van der Waals surface area contributed by atoms with Crippen LogP contribution >= 0.6 is 0 Å². The Morgan fingerprint density at radius 2 is 1.89 bits per heavy atom. The average molecular weight is 485 g/mol. The monoisotopic (exact) mass is 484 g/mol. The van der Waals surface area contributed by atoms with Crippen molar-refractivity contribution in [2.24, 2.45) is 11.7 Å². The van der Waals surface area contributed by atoms with Gasteiger partial charge in [-0.1, -0.05) is 48.5 Å². The molecule has 0 aliphatic heterocycles. The molecule has 1 fully saturated rings. The average Bonchev–Trinajstić information content (AvgIpc) is 3.65. The molecule has 1 amide bonds. The normalized spacial score (nSPS) is 14.0. The van der Waals surface area contributed by atoms with E-state index in [1.165, 1.54) is 18.9 Å². The van der Waals surface area contributed by atoms with Gasteiger partial charge < -0.3 is 15.8 Å². The second kappa shape index (κ2) is 10.4. The molecule has 0 spiro atoms. The first-order valence-electron chi connectivity index (χ1n) is 12.1. The number of aryl methyl sites for hydroxylation is 1. The Bertz CT molecular complexity index is 1360. The maximum Gasteiger partial charge on any atom is 0.274 e. The Balaban J connectivity index is 1.43. The highest BCUT2D eigenvalue weighted by molar-refractivity contribution is 6.03. The minimum absolute atomic E-state index is 0.0922. The zero-order chi connectivity index (χ0) is 25.1. The molecule has 1 aromatic heterocycles. The van der Waals surface area contributed by atoms with E-state index in [2.05, 4.69) is 10.4 Å². The minimum Gasteiger partial charge on any atom is -0.368 e. The summed E-state index contributed by atoms with van der Waals surface area (Å²) in [5.41, 5.74) is 10.2. The molecule has 4 aromatic rings. The van der Waals surface area contributed by atoms with Crippen LogP contribution in [0.4, 0.5) is 10.1 Å². The Labute approximate surface area is 209 Å². The summed E-state index contributed by atoms with van der Waals surface area (Å²) >= 11 is 0. The van der Waals surface area contributed by atoms with Crippen LogP contribution in [0.3, 0.4) is 0 Å². The number of amides is 1. The Hall–Kier alpha value is -3.81. The Kier molecular flexibility index (Phi) is 6.93. The molecule has 0 radical (unpaired) electrons. The highest BCUT2D eigenvalue weighted by Gasteiger charge is 2.25. The fourth-order valence-corrected chi connectivity index (χ4v) is 4.19. The molecule has 184 valence electrons. The number of carbonyl (C=O) groups is 1. The summed E-state index contributed by atoms with van der Waals surface area (Å²) in [6.45, 7) is 2.83. The molecular formula is C29H29FN4O2. The molecule has 0 bridgehead atoms. The van der Waals surface area contributed by atoms with E-state index in [-0.39, 0.29) is 11.8 Å². The number of halogens is 1. The van der Waals surface area contributed by atoms with Crippen molar-refractivity contribution in [3.8, 4) is 5.69 Å². The fraction of sp³-hybridized carbons (Fsp3) is 0.241. The van der Waals surface area contributed by atoms with Gasteiger partial charge >= 0.3 is 0 Å². The lowest BCUT2D eigenvalue weighted by Crippen LogP contribution is -2.18. The van der Waals surface area contributed by atoms with Crippen LogP contribution in [0, 0.1) is 18.7 Å². The summed E-state index contributed by atoms with van der Waals surface area (Å²) in [5.74, 6) is -0.397. The lowest BCUT2D eigenvalue weighted by atomic mass is 10.0. The third-order valence-electron chi connectivity index (χ3n) is 6.29. The van der Waals surface area contributed by atoms with E-state index < -0.39 is 11.7 Å². The molecule has 6 nitrogen and oxygen atoms in total. The minimum atomic E-state index is -0.519. The second-order valence-electron chi connectivity index (χ2n) is 9.22. The van der Waals surface area contributed by atoms with Gasteiger partial charge in [0.1, 0.15) is 17.6 Å². The van der Waals surface area contributed by atoms with E-state index >= 15 is 0 Å². The van der Waals surface area contributed by atoms with Crippen molar-refractivity contribution in [3.63, 3.8) is 0 Å². The topological polar surface area (TPSA) is 82.2 Å². The lowest BCUT2D eigenvalue weighted by molar-refractivity contribution is 0.0718. The first-order valence-corrected chi connectivity index (χ1v) is 12.1. The number of carbonyl (C=O) groups excluding carboxylic acids is 1. The smallest absolute Gasteiger partial charge is 0.274 e. The maximum atomic E-state index is 14.9. The van der Waals surface area contributed by atoms with Crippen LogP contribution in [0.5, 0.6) is 0 Å². The number of ether oxygens (including phenoxy) is 1. The molecule has 1 aliphatic carbocycles. The highest BCUT2D eigenvalue weighted by Crippen LogP contribution is 2.34. The standard InChI is InChI=1S/C29H29FN4O2/c1-19-14-27(34(33-19)24-9-5-6-21(15-24)17-31)29(35)32-26-16-23(12-13-25(26)30)28(36-18-20-10-11-20)22-7-3-2-4-8-22/h2-9,12-16,20,28H,10-11,17-18,31H2,1H3,(H,32,35). The number of hydrogen-bond acceptors (Lipinski definition) is 4. The summed E-state index contributed by atoms with van der Waals surface area (Å²) in [4.78, 5) is 13.3. The number of anilines is 1. The van der Waals surface area contributed by atoms with Crippen LogP contribution in [-0.2, 0) is 11.3 Å². The number of nitrogens with two attached hydrogens (primary N) is 1. The summed E-state index contributed by atoms with van der Waals surface area (Å²) in [6, 6.07) is 23.8. The number of aromatic nitrogens is 2. The predicted octanol–water partition coefficient (Wildman–Crippen LogP) is 5.55. The molecule has 1 unspecified atom stereocenters. The van der Waals surface area contributed by atoms with Crippen LogP contribution < -0.4 is 11.1 Å². The maximum absolute atomic E-state index is 14.9. The number of benzene rings is 3. The van der Waals surface area contributed by atoms with E-state index in [9.17, 15) is 9.18 Å². The van der Waals surface area contributed by atoms with Gasteiger partial charge in [-0.2, -0.15) is 5.10 Å². The first kappa shape index (κ1) is 23.9. The lowest BCUT2D eigenvalue weighted by Gasteiger charge is -2.20. The van der Waals surface area contributed by atoms with E-state index in [4.69, 9.17) is 10.5 Å². The van der Waals surface area contributed by atoms with Crippen LogP contribution in [0.2, 0.25) is 0 Å². The van der Waals surface area contributed by atoms with Crippen molar-refractivity contribution < 1.29 is 13.9 Å². The summed E-state index contributed by atoms with van der Waals surface area (Å²) in [7, 11) is 0. The molecule has 0 saturated heterocycles. The largest absolute Gasteiger partial charge is 0.368 e. The van der Waals surface area contributed by atoms with Gasteiger partial charge in [0.15, 0.2) is 0 Å². The van der Waals surface area contributed by atoms with E-state index in [1.54, 1.807) is 22.9 Å². The van der Waals surface area contributed by atoms with Gasteiger partial charge in [-0.25, -0.2) is 9.07 Å². The molecule has 1 atom stereocenters. The predicted molar refractivity (Wildman–Crippen MR) is 138 cm³/mol. The van der Waals surface area contributed by atoms with Gasteiger partial charge in [0.25, 0.3) is 5.91 Å². The van der Waals surface area contributed by atoms with Crippen molar-refractivity contribution in [3.05, 3.63) is 113 Å². The van der Waals surface area contributed by atoms with Crippen molar-refractivity contribution in [1.82, 2.24) is 9.78 Å². The van der Waals surface area contributed by atoms with Gasteiger partial charge in [-0.05, 0) is 72.7 Å². The van der Waals surface area contributed by atoms with Gasteiger partial charge in [0.2, 0.25) is 0 Å². The first-order chi connectivity index (χ1) is 17.5. The molecule has 3 N–H and O–H groups in total. The molecule has 1 saturated carbocycles. The zero-order valence-electron chi connectivity index (χ0n) is 20.2. The molecule has 36 heavy (non-hydrogen) atoms. The number of nitrogens with zero attached hydrogens (tertiary/aromatic N) is 2. The Morgan fingerprint density at radius 3 is 2.64 bits per heavy atom. The molecule has 3 aromatic carbocycles. The van der Waals surface area contributed by atoms with Gasteiger partial charge in [0, 0.05) is 6.54 Å². The second-order valence-corrected chi connectivity index (χ2v) is 9.22. The molecule has 5 rings (SSSR count). The van der Waals surface area contributed by atoms with Crippen molar-refractivity contribution >= 4 is 11.6 Å². The van der Waals surface area contributed by atoms with Gasteiger partial charge in [0.05, 0.1) is 23.7 Å². The van der Waals surface area contributed by atoms with Crippen LogP contribution in [0.25, 0.3) is 5.69 Å². The third kappa shape index (κ3) is 5.37. The quantitative estimate of drug-likeness (QED) is 0.327. The van der Waals surface area contributed by atoms with Crippen LogP contribution in [0.1, 0.15) is 51.8 Å². The number of hydrogen-bond donors (Lipinski definition) is 2. The molecular weight excluding hydrogens is 455 g/mol. The molecule has 7 heteroatoms. The summed E-state index contributed by atoms with van der Waals surface area (Å²) < 4.78 is 22.7. The summed E-state index contributed by atoms with van der Waals surface area (Å²) in [5, 5.41) is 7.22.